The molecule has 0 radical (unpaired) electrons. The van der Waals surface area contributed by atoms with Gasteiger partial charge in [-0.05, 0) is 17.7 Å². The summed E-state index contributed by atoms with van der Waals surface area (Å²) in [5, 5.41) is 11.3. The summed E-state index contributed by atoms with van der Waals surface area (Å²) in [7, 11) is 0. The van der Waals surface area contributed by atoms with Crippen molar-refractivity contribution < 1.29 is 33.2 Å². The molecule has 1 spiro atoms. The molecule has 178 valence electrons. The van der Waals surface area contributed by atoms with Crippen LogP contribution in [0.15, 0.2) is 72.8 Å². The van der Waals surface area contributed by atoms with Crippen molar-refractivity contribution in [3.63, 3.8) is 0 Å². The predicted octanol–water partition coefficient (Wildman–Crippen LogP) is 3.43. The lowest BCUT2D eigenvalue weighted by molar-refractivity contribution is -0.387. The highest BCUT2D eigenvalue weighted by Gasteiger charge is 2.74. The lowest BCUT2D eigenvalue weighted by Crippen LogP contribution is -2.51. The number of carbonyl (C=O) groups is 4. The SMILES string of the molecule is O=C1[C@@H]2[C@@H](c3ccccc3)OC3(C(=O)c4ccccc4C3=O)[C@@H]2C(=O)N1c1ccc(F)c([N+](=O)[O-])c1. The third-order valence-corrected chi connectivity index (χ3v) is 7.03. The van der Waals surface area contributed by atoms with Gasteiger partial charge in [-0.1, -0.05) is 54.6 Å². The van der Waals surface area contributed by atoms with Crippen LogP contribution in [-0.4, -0.2) is 33.9 Å². The first-order valence-electron chi connectivity index (χ1n) is 11.0. The van der Waals surface area contributed by atoms with Gasteiger partial charge in [-0.2, -0.15) is 4.39 Å². The van der Waals surface area contributed by atoms with Crippen LogP contribution >= 0.6 is 0 Å². The zero-order valence-corrected chi connectivity index (χ0v) is 18.3. The van der Waals surface area contributed by atoms with Crippen molar-refractivity contribution in [2.45, 2.75) is 11.7 Å². The van der Waals surface area contributed by atoms with Crippen molar-refractivity contribution in [3.05, 3.63) is 105 Å². The van der Waals surface area contributed by atoms with Crippen molar-refractivity contribution in [2.75, 3.05) is 4.90 Å². The van der Waals surface area contributed by atoms with E-state index in [2.05, 4.69) is 0 Å². The lowest BCUT2D eigenvalue weighted by atomic mass is 9.77. The number of ether oxygens (including phenoxy) is 1. The van der Waals surface area contributed by atoms with Crippen LogP contribution in [0.3, 0.4) is 0 Å². The van der Waals surface area contributed by atoms with E-state index in [1.165, 1.54) is 12.1 Å². The van der Waals surface area contributed by atoms with Crippen LogP contribution in [0.25, 0.3) is 0 Å². The second-order valence-corrected chi connectivity index (χ2v) is 8.80. The van der Waals surface area contributed by atoms with Gasteiger partial charge in [0.05, 0.1) is 28.6 Å². The number of hydrogen-bond donors (Lipinski definition) is 0. The van der Waals surface area contributed by atoms with Crippen molar-refractivity contribution >= 4 is 34.8 Å². The largest absolute Gasteiger partial charge is 0.349 e. The fraction of sp³-hybridized carbons (Fsp3) is 0.154. The van der Waals surface area contributed by atoms with Crippen molar-refractivity contribution in [1.29, 1.82) is 0 Å². The highest BCUT2D eigenvalue weighted by molar-refractivity contribution is 6.37. The highest BCUT2D eigenvalue weighted by atomic mass is 19.1. The van der Waals surface area contributed by atoms with E-state index in [1.807, 2.05) is 0 Å². The van der Waals surface area contributed by atoms with Crippen molar-refractivity contribution in [3.8, 4) is 0 Å². The molecular formula is C26H15FN2O7. The van der Waals surface area contributed by atoms with E-state index in [0.717, 1.165) is 18.2 Å². The molecule has 3 aromatic carbocycles. The maximum Gasteiger partial charge on any atom is 0.306 e. The Kier molecular flexibility index (Phi) is 4.55. The first-order valence-corrected chi connectivity index (χ1v) is 11.0. The number of carbonyl (C=O) groups excluding carboxylic acids is 4. The van der Waals surface area contributed by atoms with Gasteiger partial charge in [0.2, 0.25) is 34.8 Å². The average molecular weight is 486 g/mol. The monoisotopic (exact) mass is 486 g/mol. The molecule has 3 atom stereocenters. The Balaban J connectivity index is 1.54. The van der Waals surface area contributed by atoms with Crippen LogP contribution in [0, 0.1) is 27.8 Å². The standard InChI is InChI=1S/C26H15FN2O7/c27-17-11-10-14(12-18(17)29(34)35)28-24(32)19-20(25(28)33)26(36-21(19)13-6-2-1-3-7-13)22(30)15-8-4-5-9-16(15)23(26)31/h1-12,19-21H/t19-,20-,21+/m0/s1. The molecule has 36 heavy (non-hydrogen) atoms. The molecule has 2 saturated heterocycles. The third-order valence-electron chi connectivity index (χ3n) is 7.03. The number of Topliss-reactive ketones (excluding diaryl/α,β-unsaturated/α-hetero) is 2. The first-order chi connectivity index (χ1) is 17.3. The van der Waals surface area contributed by atoms with Gasteiger partial charge < -0.3 is 4.74 Å². The number of nitro groups is 1. The zero-order chi connectivity index (χ0) is 25.4. The molecule has 2 heterocycles. The number of anilines is 1. The Morgan fingerprint density at radius 2 is 1.47 bits per heavy atom. The fourth-order valence-corrected chi connectivity index (χ4v) is 5.50. The molecule has 2 aliphatic heterocycles. The summed E-state index contributed by atoms with van der Waals surface area (Å²) in [5.74, 6) is -7.05. The number of ketones is 2. The van der Waals surface area contributed by atoms with Crippen molar-refractivity contribution in [1.82, 2.24) is 0 Å². The summed E-state index contributed by atoms with van der Waals surface area (Å²) in [5.41, 5.74) is -2.75. The zero-order valence-electron chi connectivity index (χ0n) is 18.3. The Labute approximate surface area is 202 Å². The molecule has 3 aliphatic rings. The maximum absolute atomic E-state index is 14.0. The highest BCUT2D eigenvalue weighted by Crippen LogP contribution is 2.57. The van der Waals surface area contributed by atoms with Crippen LogP contribution in [0.2, 0.25) is 0 Å². The quantitative estimate of drug-likeness (QED) is 0.240. The van der Waals surface area contributed by atoms with Crippen molar-refractivity contribution in [2.24, 2.45) is 11.8 Å². The third kappa shape index (κ3) is 2.67. The summed E-state index contributed by atoms with van der Waals surface area (Å²) >= 11 is 0. The second-order valence-electron chi connectivity index (χ2n) is 8.80. The number of rotatable bonds is 3. The van der Waals surface area contributed by atoms with Crippen LogP contribution in [-0.2, 0) is 14.3 Å². The average Bonchev–Trinajstić information content (AvgIpc) is 3.45. The molecule has 0 unspecified atom stereocenters. The van der Waals surface area contributed by atoms with E-state index < -0.39 is 63.3 Å². The Hall–Kier alpha value is -4.57. The number of amides is 2. The van der Waals surface area contributed by atoms with Gasteiger partial charge in [0, 0.05) is 17.2 Å². The van der Waals surface area contributed by atoms with Gasteiger partial charge in [-0.15, -0.1) is 0 Å². The van der Waals surface area contributed by atoms with Gasteiger partial charge >= 0.3 is 5.69 Å². The van der Waals surface area contributed by atoms with Gasteiger partial charge in [0.15, 0.2) is 0 Å². The van der Waals surface area contributed by atoms with Crippen LogP contribution in [0.4, 0.5) is 15.8 Å². The molecule has 0 aromatic heterocycles. The Bertz CT molecular complexity index is 1480. The normalized spacial score (nSPS) is 23.9. The Morgan fingerprint density at radius 1 is 0.861 bits per heavy atom. The number of nitrogens with zero attached hydrogens (tertiary/aromatic N) is 2. The summed E-state index contributed by atoms with van der Waals surface area (Å²) in [4.78, 5) is 65.8. The maximum atomic E-state index is 14.0. The number of benzene rings is 3. The molecule has 3 aromatic rings. The number of hydrogen-bond acceptors (Lipinski definition) is 7. The lowest BCUT2D eigenvalue weighted by Gasteiger charge is -2.27. The van der Waals surface area contributed by atoms with Gasteiger partial charge in [-0.3, -0.25) is 29.3 Å². The van der Waals surface area contributed by atoms with E-state index in [4.69, 9.17) is 4.74 Å². The smallest absolute Gasteiger partial charge is 0.306 e. The number of fused-ring (bicyclic) bond motifs is 3. The minimum Gasteiger partial charge on any atom is -0.349 e. The van der Waals surface area contributed by atoms with E-state index in [-0.39, 0.29) is 16.8 Å². The number of nitro benzene ring substituents is 1. The summed E-state index contributed by atoms with van der Waals surface area (Å²) in [6, 6.07) is 17.1. The molecule has 0 bridgehead atoms. The fourth-order valence-electron chi connectivity index (χ4n) is 5.50. The summed E-state index contributed by atoms with van der Waals surface area (Å²) < 4.78 is 20.1. The van der Waals surface area contributed by atoms with E-state index in [0.29, 0.717) is 10.5 Å². The van der Waals surface area contributed by atoms with E-state index in [9.17, 15) is 33.7 Å². The molecule has 2 amide bonds. The van der Waals surface area contributed by atoms with E-state index >= 15 is 0 Å². The first kappa shape index (κ1) is 21.9. The summed E-state index contributed by atoms with van der Waals surface area (Å²) in [6.45, 7) is 0. The van der Waals surface area contributed by atoms with Gasteiger partial charge in [0.1, 0.15) is 0 Å². The van der Waals surface area contributed by atoms with Gasteiger partial charge in [-0.25, -0.2) is 4.90 Å². The van der Waals surface area contributed by atoms with Crippen LogP contribution in [0.1, 0.15) is 32.4 Å². The molecule has 2 fully saturated rings. The minimum absolute atomic E-state index is 0.0890. The molecule has 0 N–H and O–H groups in total. The molecule has 0 saturated carbocycles. The van der Waals surface area contributed by atoms with Crippen LogP contribution in [0.5, 0.6) is 0 Å². The topological polar surface area (TPSA) is 124 Å². The second kappa shape index (κ2) is 7.46. The summed E-state index contributed by atoms with van der Waals surface area (Å²) in [6.07, 6.45) is -1.12. The Morgan fingerprint density at radius 3 is 2.08 bits per heavy atom. The predicted molar refractivity (Wildman–Crippen MR) is 121 cm³/mol. The number of halogens is 1. The molecule has 10 heteroatoms. The number of imide groups is 1. The van der Waals surface area contributed by atoms with E-state index in [1.54, 1.807) is 42.5 Å². The molecule has 6 rings (SSSR count). The van der Waals surface area contributed by atoms with Gasteiger partial charge in [0.25, 0.3) is 0 Å². The molecular weight excluding hydrogens is 471 g/mol. The molecule has 1 aliphatic carbocycles. The minimum atomic E-state index is -2.26. The molecule has 9 nitrogen and oxygen atoms in total. The van der Waals surface area contributed by atoms with Crippen LogP contribution < -0.4 is 4.90 Å².